The van der Waals surface area contributed by atoms with Crippen LogP contribution < -0.4 is 5.73 Å². The Morgan fingerprint density at radius 2 is 2.21 bits per heavy atom. The Morgan fingerprint density at radius 3 is 2.86 bits per heavy atom. The first-order chi connectivity index (χ1) is 6.65. The van der Waals surface area contributed by atoms with E-state index in [1.807, 2.05) is 23.9 Å². The van der Waals surface area contributed by atoms with Crippen molar-refractivity contribution in [3.05, 3.63) is 28.9 Å². The fourth-order valence-corrected chi connectivity index (χ4v) is 1.85. The van der Waals surface area contributed by atoms with Gasteiger partial charge in [-0.15, -0.1) is 0 Å². The molecule has 0 saturated heterocycles. The minimum Gasteiger partial charge on any atom is -0.506 e. The van der Waals surface area contributed by atoms with E-state index in [-0.39, 0.29) is 5.75 Å². The van der Waals surface area contributed by atoms with Crippen molar-refractivity contribution in [2.75, 3.05) is 0 Å². The summed E-state index contributed by atoms with van der Waals surface area (Å²) in [4.78, 5) is 0. The van der Waals surface area contributed by atoms with Crippen molar-refractivity contribution in [2.24, 2.45) is 12.8 Å². The summed E-state index contributed by atoms with van der Waals surface area (Å²) in [6, 6.07) is 3.55. The van der Waals surface area contributed by atoms with E-state index in [4.69, 9.17) is 17.3 Å². The van der Waals surface area contributed by atoms with Crippen LogP contribution in [0.5, 0.6) is 5.75 Å². The van der Waals surface area contributed by atoms with Gasteiger partial charge in [0.2, 0.25) is 0 Å². The van der Waals surface area contributed by atoms with E-state index >= 15 is 0 Å². The van der Waals surface area contributed by atoms with Gasteiger partial charge in [0.25, 0.3) is 0 Å². The molecule has 0 unspecified atom stereocenters. The van der Waals surface area contributed by atoms with Crippen molar-refractivity contribution >= 4 is 22.5 Å². The van der Waals surface area contributed by atoms with Crippen LogP contribution in [0, 0.1) is 0 Å². The third-order valence-electron chi connectivity index (χ3n) is 2.38. The van der Waals surface area contributed by atoms with Crippen molar-refractivity contribution < 1.29 is 5.11 Å². The van der Waals surface area contributed by atoms with E-state index in [1.54, 1.807) is 6.07 Å². The predicted molar refractivity (Wildman–Crippen MR) is 57.5 cm³/mol. The lowest BCUT2D eigenvalue weighted by Gasteiger charge is -2.01. The Balaban J connectivity index is 2.91. The molecule has 0 aliphatic heterocycles. The van der Waals surface area contributed by atoms with Crippen LogP contribution in [-0.2, 0) is 13.6 Å². The van der Waals surface area contributed by atoms with Crippen LogP contribution in [0.4, 0.5) is 0 Å². The highest BCUT2D eigenvalue weighted by Crippen LogP contribution is 2.35. The topological polar surface area (TPSA) is 51.2 Å². The standard InChI is InChI=1S/C10H11ClN2O/c1-13-5-6(4-12)9-8(13)3-2-7(11)10(9)14/h2-3,5,14H,4,12H2,1H3. The van der Waals surface area contributed by atoms with E-state index in [0.29, 0.717) is 11.6 Å². The highest BCUT2D eigenvalue weighted by atomic mass is 35.5. The molecule has 0 aliphatic rings. The number of nitrogens with zero attached hydrogens (tertiary/aromatic N) is 1. The van der Waals surface area contributed by atoms with Gasteiger partial charge in [0.05, 0.1) is 10.5 Å². The molecule has 2 aromatic rings. The average molecular weight is 211 g/mol. The molecule has 74 valence electrons. The molecular weight excluding hydrogens is 200 g/mol. The second kappa shape index (κ2) is 3.19. The predicted octanol–water partition coefficient (Wildman–Crippen LogP) is 2.00. The van der Waals surface area contributed by atoms with Gasteiger partial charge in [0.15, 0.2) is 0 Å². The first kappa shape index (κ1) is 9.37. The summed E-state index contributed by atoms with van der Waals surface area (Å²) < 4.78 is 1.92. The number of phenols is 1. The number of fused-ring (bicyclic) bond motifs is 1. The molecule has 1 aromatic heterocycles. The lowest BCUT2D eigenvalue weighted by Crippen LogP contribution is -1.94. The van der Waals surface area contributed by atoms with Crippen molar-refractivity contribution in [3.63, 3.8) is 0 Å². The van der Waals surface area contributed by atoms with Gasteiger partial charge in [0.1, 0.15) is 5.75 Å². The van der Waals surface area contributed by atoms with Gasteiger partial charge in [-0.1, -0.05) is 11.6 Å². The van der Waals surface area contributed by atoms with Gasteiger partial charge < -0.3 is 15.4 Å². The molecule has 0 saturated carbocycles. The van der Waals surface area contributed by atoms with Crippen LogP contribution in [0.1, 0.15) is 5.56 Å². The molecule has 1 aromatic carbocycles. The largest absolute Gasteiger partial charge is 0.506 e. The highest BCUT2D eigenvalue weighted by molar-refractivity contribution is 6.33. The lowest BCUT2D eigenvalue weighted by atomic mass is 10.1. The number of phenolic OH excluding ortho intramolecular Hbond substituents is 1. The number of hydrogen-bond acceptors (Lipinski definition) is 2. The van der Waals surface area contributed by atoms with Crippen LogP contribution in [0.3, 0.4) is 0 Å². The maximum atomic E-state index is 9.78. The first-order valence-corrected chi connectivity index (χ1v) is 4.68. The van der Waals surface area contributed by atoms with E-state index in [9.17, 15) is 5.11 Å². The normalized spacial score (nSPS) is 11.1. The number of rotatable bonds is 1. The maximum absolute atomic E-state index is 9.78. The monoisotopic (exact) mass is 210 g/mol. The third kappa shape index (κ3) is 1.17. The summed E-state index contributed by atoms with van der Waals surface area (Å²) in [6.07, 6.45) is 1.90. The van der Waals surface area contributed by atoms with Crippen molar-refractivity contribution in [2.45, 2.75) is 6.54 Å². The van der Waals surface area contributed by atoms with Crippen LogP contribution >= 0.6 is 11.6 Å². The van der Waals surface area contributed by atoms with Gasteiger partial charge in [0, 0.05) is 25.2 Å². The summed E-state index contributed by atoms with van der Waals surface area (Å²) in [5, 5.41) is 10.9. The molecule has 3 N–H and O–H groups in total. The van der Waals surface area contributed by atoms with E-state index in [1.165, 1.54) is 0 Å². The Morgan fingerprint density at radius 1 is 1.50 bits per heavy atom. The lowest BCUT2D eigenvalue weighted by molar-refractivity contribution is 0.481. The fraction of sp³-hybridized carbons (Fsp3) is 0.200. The van der Waals surface area contributed by atoms with Crippen LogP contribution in [0.15, 0.2) is 18.3 Å². The summed E-state index contributed by atoms with van der Waals surface area (Å²) >= 11 is 5.83. The molecule has 0 amide bonds. The molecule has 0 fully saturated rings. The quantitative estimate of drug-likeness (QED) is 0.757. The third-order valence-corrected chi connectivity index (χ3v) is 2.68. The summed E-state index contributed by atoms with van der Waals surface area (Å²) in [6.45, 7) is 0.394. The van der Waals surface area contributed by atoms with E-state index in [0.717, 1.165) is 16.5 Å². The molecule has 0 aliphatic carbocycles. The zero-order valence-electron chi connectivity index (χ0n) is 7.79. The summed E-state index contributed by atoms with van der Waals surface area (Å²) in [7, 11) is 1.91. The molecule has 4 heteroatoms. The number of halogens is 1. The molecule has 0 radical (unpaired) electrons. The summed E-state index contributed by atoms with van der Waals surface area (Å²) in [5.41, 5.74) is 7.42. The SMILES string of the molecule is Cn1cc(CN)c2c(O)c(Cl)ccc21. The Kier molecular flexibility index (Phi) is 2.13. The van der Waals surface area contributed by atoms with Gasteiger partial charge in [-0.25, -0.2) is 0 Å². The number of benzene rings is 1. The average Bonchev–Trinajstić information content (AvgIpc) is 2.50. The minimum absolute atomic E-state index is 0.116. The molecule has 1 heterocycles. The first-order valence-electron chi connectivity index (χ1n) is 4.30. The van der Waals surface area contributed by atoms with Gasteiger partial charge >= 0.3 is 0 Å². The molecule has 0 atom stereocenters. The highest BCUT2D eigenvalue weighted by Gasteiger charge is 2.11. The molecule has 3 nitrogen and oxygen atoms in total. The Hall–Kier alpha value is -1.19. The van der Waals surface area contributed by atoms with Crippen molar-refractivity contribution in [1.29, 1.82) is 0 Å². The number of aromatic nitrogens is 1. The number of aromatic hydroxyl groups is 1. The van der Waals surface area contributed by atoms with Crippen LogP contribution in [0.2, 0.25) is 5.02 Å². The van der Waals surface area contributed by atoms with E-state index < -0.39 is 0 Å². The maximum Gasteiger partial charge on any atom is 0.143 e. The van der Waals surface area contributed by atoms with Crippen molar-refractivity contribution in [3.8, 4) is 5.75 Å². The fourth-order valence-electron chi connectivity index (χ4n) is 1.69. The van der Waals surface area contributed by atoms with Crippen molar-refractivity contribution in [1.82, 2.24) is 4.57 Å². The zero-order chi connectivity index (χ0) is 10.3. The second-order valence-electron chi connectivity index (χ2n) is 3.26. The van der Waals surface area contributed by atoms with Gasteiger partial charge in [-0.3, -0.25) is 0 Å². The molecule has 2 rings (SSSR count). The van der Waals surface area contributed by atoms with Gasteiger partial charge in [-0.2, -0.15) is 0 Å². The Labute approximate surface area is 86.7 Å². The zero-order valence-corrected chi connectivity index (χ0v) is 8.54. The number of aryl methyl sites for hydroxylation is 1. The Bertz CT molecular complexity index is 490. The molecule has 14 heavy (non-hydrogen) atoms. The number of nitrogens with two attached hydrogens (primary N) is 1. The molecular formula is C10H11ClN2O. The number of hydrogen-bond donors (Lipinski definition) is 2. The van der Waals surface area contributed by atoms with Crippen LogP contribution in [0.25, 0.3) is 10.9 Å². The van der Waals surface area contributed by atoms with E-state index in [2.05, 4.69) is 0 Å². The summed E-state index contributed by atoms with van der Waals surface area (Å²) in [5.74, 6) is 0.116. The smallest absolute Gasteiger partial charge is 0.143 e. The van der Waals surface area contributed by atoms with Crippen LogP contribution in [-0.4, -0.2) is 9.67 Å². The molecule has 0 bridgehead atoms. The molecule has 0 spiro atoms. The van der Waals surface area contributed by atoms with Gasteiger partial charge in [-0.05, 0) is 17.7 Å². The second-order valence-corrected chi connectivity index (χ2v) is 3.67. The minimum atomic E-state index is 0.116.